The van der Waals surface area contributed by atoms with E-state index in [2.05, 4.69) is 10.6 Å². The van der Waals surface area contributed by atoms with Gasteiger partial charge in [0.1, 0.15) is 5.75 Å². The first-order chi connectivity index (χ1) is 15.6. The molecule has 0 spiro atoms. The van der Waals surface area contributed by atoms with Crippen LogP contribution in [-0.4, -0.2) is 32.3 Å². The van der Waals surface area contributed by atoms with Gasteiger partial charge in [-0.05, 0) is 61.2 Å². The van der Waals surface area contributed by atoms with Crippen LogP contribution in [-0.2, 0) is 22.1 Å². The van der Waals surface area contributed by atoms with Crippen LogP contribution in [0.2, 0.25) is 0 Å². The van der Waals surface area contributed by atoms with E-state index in [-0.39, 0.29) is 13.0 Å². The average molecular weight is 467 g/mol. The van der Waals surface area contributed by atoms with Gasteiger partial charge in [-0.1, -0.05) is 19.1 Å². The normalized spacial score (nSPS) is 12.1. The Balaban J connectivity index is 2.64. The second-order valence-electron chi connectivity index (χ2n) is 7.28. The topological polar surface area (TPSA) is 76.7 Å². The molecule has 0 aliphatic carbocycles. The van der Waals surface area contributed by atoms with Crippen molar-refractivity contribution in [2.45, 2.75) is 45.8 Å². The van der Waals surface area contributed by atoms with Gasteiger partial charge in [0, 0.05) is 12.1 Å². The lowest BCUT2D eigenvalue weighted by molar-refractivity contribution is -0.142. The molecule has 2 aromatic carbocycles. The lowest BCUT2D eigenvalue weighted by atomic mass is 9.90. The Morgan fingerprint density at radius 2 is 1.76 bits per heavy atom. The number of alkyl halides is 3. The van der Waals surface area contributed by atoms with Gasteiger partial charge in [0.15, 0.2) is 0 Å². The van der Waals surface area contributed by atoms with Crippen molar-refractivity contribution < 1.29 is 32.2 Å². The molecular weight excluding hydrogens is 437 g/mol. The Kier molecular flexibility index (Phi) is 9.13. The van der Waals surface area contributed by atoms with Gasteiger partial charge in [-0.2, -0.15) is 13.2 Å². The van der Waals surface area contributed by atoms with E-state index in [1.165, 1.54) is 13.2 Å². The largest absolute Gasteiger partial charge is 0.496 e. The molecule has 6 nitrogen and oxygen atoms in total. The molecule has 1 atom stereocenters. The minimum atomic E-state index is -4.55. The Morgan fingerprint density at radius 1 is 1.03 bits per heavy atom. The summed E-state index contributed by atoms with van der Waals surface area (Å²) in [6.45, 7) is 5.85. The van der Waals surface area contributed by atoms with Crippen LogP contribution in [0.3, 0.4) is 0 Å². The van der Waals surface area contributed by atoms with E-state index in [0.29, 0.717) is 41.0 Å². The van der Waals surface area contributed by atoms with E-state index in [9.17, 15) is 22.8 Å². The summed E-state index contributed by atoms with van der Waals surface area (Å²) >= 11 is 0. The van der Waals surface area contributed by atoms with Gasteiger partial charge in [0.2, 0.25) is 0 Å². The first-order valence-electron chi connectivity index (χ1n) is 10.7. The molecule has 9 heteroatoms. The third-order valence-corrected chi connectivity index (χ3v) is 5.01. The number of rotatable bonds is 9. The highest BCUT2D eigenvalue weighted by molar-refractivity contribution is 5.79. The van der Waals surface area contributed by atoms with Crippen molar-refractivity contribution in [3.05, 3.63) is 53.1 Å². The number of hydrogen-bond acceptors (Lipinski definition) is 4. The summed E-state index contributed by atoms with van der Waals surface area (Å²) in [6.07, 6.45) is -4.18. The van der Waals surface area contributed by atoms with E-state index >= 15 is 0 Å². The number of halogens is 3. The lowest BCUT2D eigenvalue weighted by Gasteiger charge is -2.23. The molecule has 2 N–H and O–H groups in total. The summed E-state index contributed by atoms with van der Waals surface area (Å²) in [5.41, 5.74) is 1.08. The maximum Gasteiger partial charge on any atom is 0.416 e. The number of carbonyl (C=O) groups excluding carboxylic acids is 2. The van der Waals surface area contributed by atoms with Crippen molar-refractivity contribution in [2.24, 2.45) is 0 Å². The number of esters is 1. The molecule has 2 amide bonds. The zero-order valence-corrected chi connectivity index (χ0v) is 19.1. The molecule has 1 unspecified atom stereocenters. The van der Waals surface area contributed by atoms with Gasteiger partial charge >= 0.3 is 18.2 Å². The van der Waals surface area contributed by atoms with Gasteiger partial charge in [0.25, 0.3) is 0 Å². The number of amides is 2. The van der Waals surface area contributed by atoms with Crippen LogP contribution in [0, 0.1) is 0 Å². The molecule has 0 saturated carbocycles. The first kappa shape index (κ1) is 26.0. The highest BCUT2D eigenvalue weighted by atomic mass is 19.4. The maximum atomic E-state index is 13.5. The summed E-state index contributed by atoms with van der Waals surface area (Å²) in [5, 5.41) is 5.34. The van der Waals surface area contributed by atoms with Crippen molar-refractivity contribution in [2.75, 3.05) is 20.3 Å². The second kappa shape index (κ2) is 11.6. The maximum absolute atomic E-state index is 13.5. The number of urea groups is 1. The predicted molar refractivity (Wildman–Crippen MR) is 119 cm³/mol. The molecule has 2 rings (SSSR count). The minimum absolute atomic E-state index is 0.00909. The predicted octanol–water partition coefficient (Wildman–Crippen LogP) is 5.26. The fraction of sp³-hybridized carbons (Fsp3) is 0.417. The summed E-state index contributed by atoms with van der Waals surface area (Å²) in [5.74, 6) is 0.0158. The van der Waals surface area contributed by atoms with Gasteiger partial charge in [0.05, 0.1) is 31.7 Å². The highest BCUT2D eigenvalue weighted by Crippen LogP contribution is 2.40. The van der Waals surface area contributed by atoms with Gasteiger partial charge in [-0.3, -0.25) is 4.79 Å². The smallest absolute Gasteiger partial charge is 0.416 e. The SMILES string of the molecule is CCNC(=O)NC(CC)c1cc(C(F)(F)F)ccc1-c1cc(CC(=O)OCC)ccc1OC. The molecule has 0 aliphatic rings. The van der Waals surface area contributed by atoms with Crippen LogP contribution in [0.25, 0.3) is 11.1 Å². The van der Waals surface area contributed by atoms with Gasteiger partial charge in [-0.25, -0.2) is 4.79 Å². The van der Waals surface area contributed by atoms with Crippen molar-refractivity contribution in [1.82, 2.24) is 10.6 Å². The van der Waals surface area contributed by atoms with Crippen molar-refractivity contribution in [3.63, 3.8) is 0 Å². The van der Waals surface area contributed by atoms with Gasteiger partial charge < -0.3 is 20.1 Å². The summed E-state index contributed by atoms with van der Waals surface area (Å²) < 4.78 is 51.0. The standard InChI is InChI=1S/C24H29F3N2O4/c1-5-20(29-23(31)28-6-2)18-14-16(24(25,26)27)9-10-17(18)19-12-15(8-11-21(19)32-4)13-22(30)33-7-3/h8-12,14,20H,5-7,13H2,1-4H3,(H2,28,29,31). The third-order valence-electron chi connectivity index (χ3n) is 5.01. The Morgan fingerprint density at radius 3 is 2.33 bits per heavy atom. The second-order valence-corrected chi connectivity index (χ2v) is 7.28. The zero-order chi connectivity index (χ0) is 24.6. The molecule has 0 heterocycles. The highest BCUT2D eigenvalue weighted by Gasteiger charge is 2.32. The van der Waals surface area contributed by atoms with E-state index in [4.69, 9.17) is 9.47 Å². The monoisotopic (exact) mass is 466 g/mol. The van der Waals surface area contributed by atoms with Crippen LogP contribution < -0.4 is 15.4 Å². The lowest BCUT2D eigenvalue weighted by Crippen LogP contribution is -2.37. The van der Waals surface area contributed by atoms with Crippen LogP contribution in [0.1, 0.15) is 49.9 Å². The van der Waals surface area contributed by atoms with E-state index < -0.39 is 29.8 Å². The Hall–Kier alpha value is -3.23. The fourth-order valence-corrected chi connectivity index (χ4v) is 3.50. The fourth-order valence-electron chi connectivity index (χ4n) is 3.50. The van der Waals surface area contributed by atoms with Crippen LogP contribution in [0.15, 0.2) is 36.4 Å². The minimum Gasteiger partial charge on any atom is -0.496 e. The number of benzene rings is 2. The number of methoxy groups -OCH3 is 1. The van der Waals surface area contributed by atoms with Crippen molar-refractivity contribution in [1.29, 1.82) is 0 Å². The molecule has 0 fully saturated rings. The Bertz CT molecular complexity index is 977. The molecule has 33 heavy (non-hydrogen) atoms. The third kappa shape index (κ3) is 6.87. The summed E-state index contributed by atoms with van der Waals surface area (Å²) in [4.78, 5) is 24.1. The molecule has 180 valence electrons. The molecular formula is C24H29F3N2O4. The van der Waals surface area contributed by atoms with Crippen molar-refractivity contribution in [3.8, 4) is 16.9 Å². The number of hydrogen-bond donors (Lipinski definition) is 2. The number of ether oxygens (including phenoxy) is 2. The van der Waals surface area contributed by atoms with Crippen molar-refractivity contribution >= 4 is 12.0 Å². The zero-order valence-electron chi connectivity index (χ0n) is 19.1. The van der Waals surface area contributed by atoms with Crippen LogP contribution in [0.5, 0.6) is 5.75 Å². The number of nitrogens with one attached hydrogen (secondary N) is 2. The Labute approximate surface area is 191 Å². The van der Waals surface area contributed by atoms with E-state index in [1.807, 2.05) is 0 Å². The molecule has 0 aliphatic heterocycles. The molecule has 0 aromatic heterocycles. The van der Waals surface area contributed by atoms with E-state index in [1.54, 1.807) is 39.0 Å². The van der Waals surface area contributed by atoms with Crippen LogP contribution in [0.4, 0.5) is 18.0 Å². The summed E-state index contributed by atoms with van der Waals surface area (Å²) in [6, 6.07) is 7.30. The molecule has 0 radical (unpaired) electrons. The quantitative estimate of drug-likeness (QED) is 0.495. The first-order valence-corrected chi connectivity index (χ1v) is 10.7. The molecule has 2 aromatic rings. The molecule has 0 bridgehead atoms. The van der Waals surface area contributed by atoms with Gasteiger partial charge in [-0.15, -0.1) is 0 Å². The summed E-state index contributed by atoms with van der Waals surface area (Å²) in [7, 11) is 1.46. The average Bonchev–Trinajstić information content (AvgIpc) is 2.76. The van der Waals surface area contributed by atoms with E-state index in [0.717, 1.165) is 12.1 Å². The molecule has 0 saturated heterocycles. The van der Waals surface area contributed by atoms with Crippen LogP contribution >= 0.6 is 0 Å². The number of carbonyl (C=O) groups is 2.